The molecular formula is C16H18FNO. The van der Waals surface area contributed by atoms with Crippen LogP contribution in [0.3, 0.4) is 0 Å². The first-order valence-corrected chi connectivity index (χ1v) is 6.27. The van der Waals surface area contributed by atoms with Crippen LogP contribution in [0.1, 0.15) is 24.2 Å². The molecule has 2 aromatic rings. The summed E-state index contributed by atoms with van der Waals surface area (Å²) in [5.74, 6) is -0.336. The molecule has 19 heavy (non-hydrogen) atoms. The number of nitrogens with zero attached hydrogens (tertiary/aromatic N) is 1. The van der Waals surface area contributed by atoms with Crippen LogP contribution in [0.25, 0.3) is 0 Å². The molecule has 100 valence electrons. The Morgan fingerprint density at radius 3 is 2.32 bits per heavy atom. The molecule has 0 amide bonds. The molecular weight excluding hydrogens is 241 g/mol. The van der Waals surface area contributed by atoms with Gasteiger partial charge >= 0.3 is 0 Å². The van der Waals surface area contributed by atoms with Crippen LogP contribution in [0.5, 0.6) is 0 Å². The summed E-state index contributed by atoms with van der Waals surface area (Å²) in [5.41, 5.74) is 3.58. The Morgan fingerprint density at radius 2 is 1.74 bits per heavy atom. The van der Waals surface area contributed by atoms with E-state index in [9.17, 15) is 9.50 Å². The van der Waals surface area contributed by atoms with Crippen molar-refractivity contribution in [2.24, 2.45) is 0 Å². The minimum atomic E-state index is -0.710. The van der Waals surface area contributed by atoms with Crippen molar-refractivity contribution in [3.63, 3.8) is 0 Å². The molecule has 0 saturated heterocycles. The van der Waals surface area contributed by atoms with Crippen molar-refractivity contribution in [2.75, 3.05) is 11.9 Å². The Balaban J connectivity index is 2.43. The molecule has 2 nitrogen and oxygen atoms in total. The van der Waals surface area contributed by atoms with E-state index in [4.69, 9.17) is 0 Å². The van der Waals surface area contributed by atoms with Gasteiger partial charge in [0.2, 0.25) is 0 Å². The third-order valence-corrected chi connectivity index (χ3v) is 3.22. The molecule has 0 aliphatic heterocycles. The molecule has 3 heteroatoms. The summed E-state index contributed by atoms with van der Waals surface area (Å²) in [5, 5.41) is 9.78. The highest BCUT2D eigenvalue weighted by Gasteiger charge is 2.13. The molecule has 0 aliphatic rings. The number of aliphatic hydroxyl groups excluding tert-OH is 1. The van der Waals surface area contributed by atoms with E-state index in [2.05, 4.69) is 0 Å². The molecule has 0 heterocycles. The highest BCUT2D eigenvalue weighted by Crippen LogP contribution is 2.31. The lowest BCUT2D eigenvalue weighted by Crippen LogP contribution is -2.13. The predicted octanol–water partition coefficient (Wildman–Crippen LogP) is 3.96. The van der Waals surface area contributed by atoms with Crippen LogP contribution in [-0.4, -0.2) is 12.2 Å². The highest BCUT2D eigenvalue weighted by molar-refractivity contribution is 5.66. The van der Waals surface area contributed by atoms with E-state index in [0.29, 0.717) is 5.56 Å². The molecule has 0 spiro atoms. The Kier molecular flexibility index (Phi) is 3.86. The van der Waals surface area contributed by atoms with Gasteiger partial charge in [0, 0.05) is 24.0 Å². The van der Waals surface area contributed by atoms with Crippen LogP contribution < -0.4 is 4.90 Å². The monoisotopic (exact) mass is 259 g/mol. The molecule has 1 N–H and O–H groups in total. The van der Waals surface area contributed by atoms with E-state index < -0.39 is 6.10 Å². The number of anilines is 2. The van der Waals surface area contributed by atoms with Crippen LogP contribution in [0.4, 0.5) is 15.8 Å². The van der Waals surface area contributed by atoms with Gasteiger partial charge in [-0.1, -0.05) is 17.7 Å². The van der Waals surface area contributed by atoms with Gasteiger partial charge in [0.05, 0.1) is 6.10 Å². The second-order valence-corrected chi connectivity index (χ2v) is 4.77. The van der Waals surface area contributed by atoms with Crippen LogP contribution >= 0.6 is 0 Å². The van der Waals surface area contributed by atoms with Crippen molar-refractivity contribution in [3.05, 3.63) is 59.4 Å². The number of aryl methyl sites for hydroxylation is 1. The zero-order chi connectivity index (χ0) is 14.0. The fourth-order valence-electron chi connectivity index (χ4n) is 2.07. The third kappa shape index (κ3) is 2.93. The van der Waals surface area contributed by atoms with E-state index in [-0.39, 0.29) is 5.82 Å². The number of aliphatic hydroxyl groups is 1. The summed E-state index contributed by atoms with van der Waals surface area (Å²) in [6.45, 7) is 3.67. The smallest absolute Gasteiger partial charge is 0.123 e. The normalized spacial score (nSPS) is 12.3. The first kappa shape index (κ1) is 13.6. The lowest BCUT2D eigenvalue weighted by Gasteiger charge is -2.24. The summed E-state index contributed by atoms with van der Waals surface area (Å²) >= 11 is 0. The standard InChI is InChI=1S/C16H18FNO/c1-11-4-7-14(8-5-11)18(3)16-9-6-13(17)10-15(16)12(2)19/h4-10,12,19H,1-3H3/t12-/m1/s1. The molecule has 0 aromatic heterocycles. The second-order valence-electron chi connectivity index (χ2n) is 4.77. The number of halogens is 1. The fraction of sp³-hybridized carbons (Fsp3) is 0.250. The van der Waals surface area contributed by atoms with Gasteiger partial charge in [-0.25, -0.2) is 4.39 Å². The first-order chi connectivity index (χ1) is 8.99. The average molecular weight is 259 g/mol. The highest BCUT2D eigenvalue weighted by atomic mass is 19.1. The minimum absolute atomic E-state index is 0.336. The third-order valence-electron chi connectivity index (χ3n) is 3.22. The zero-order valence-corrected chi connectivity index (χ0v) is 11.4. The zero-order valence-electron chi connectivity index (χ0n) is 11.4. The summed E-state index contributed by atoms with van der Waals surface area (Å²) in [4.78, 5) is 1.95. The van der Waals surface area contributed by atoms with Crippen LogP contribution in [-0.2, 0) is 0 Å². The number of hydrogen-bond acceptors (Lipinski definition) is 2. The van der Waals surface area contributed by atoms with E-state index in [1.807, 2.05) is 43.1 Å². The molecule has 2 aromatic carbocycles. The van der Waals surface area contributed by atoms with Crippen LogP contribution in [0, 0.1) is 12.7 Å². The minimum Gasteiger partial charge on any atom is -0.389 e. The Morgan fingerprint density at radius 1 is 1.11 bits per heavy atom. The average Bonchev–Trinajstić information content (AvgIpc) is 2.38. The van der Waals surface area contributed by atoms with Crippen LogP contribution in [0.2, 0.25) is 0 Å². The largest absolute Gasteiger partial charge is 0.389 e. The quantitative estimate of drug-likeness (QED) is 0.902. The van der Waals surface area contributed by atoms with Gasteiger partial charge in [-0.15, -0.1) is 0 Å². The molecule has 0 unspecified atom stereocenters. The molecule has 0 fully saturated rings. The first-order valence-electron chi connectivity index (χ1n) is 6.27. The van der Waals surface area contributed by atoms with Crippen molar-refractivity contribution in [1.82, 2.24) is 0 Å². The van der Waals surface area contributed by atoms with Gasteiger partial charge in [-0.05, 0) is 44.2 Å². The molecule has 0 radical (unpaired) electrons. The maximum Gasteiger partial charge on any atom is 0.123 e. The number of rotatable bonds is 3. The van der Waals surface area contributed by atoms with Crippen molar-refractivity contribution in [3.8, 4) is 0 Å². The van der Waals surface area contributed by atoms with E-state index in [1.54, 1.807) is 13.0 Å². The van der Waals surface area contributed by atoms with E-state index in [1.165, 1.54) is 17.7 Å². The second kappa shape index (κ2) is 5.41. The molecule has 0 saturated carbocycles. The number of benzene rings is 2. The van der Waals surface area contributed by atoms with Gasteiger partial charge in [0.25, 0.3) is 0 Å². The van der Waals surface area contributed by atoms with E-state index >= 15 is 0 Å². The molecule has 0 aliphatic carbocycles. The summed E-state index contributed by atoms with van der Waals surface area (Å²) in [7, 11) is 1.91. The van der Waals surface area contributed by atoms with Crippen molar-refractivity contribution in [2.45, 2.75) is 20.0 Å². The maximum absolute atomic E-state index is 13.3. The van der Waals surface area contributed by atoms with Crippen molar-refractivity contribution in [1.29, 1.82) is 0 Å². The Bertz CT molecular complexity index is 563. The predicted molar refractivity (Wildman–Crippen MR) is 76.3 cm³/mol. The lowest BCUT2D eigenvalue weighted by molar-refractivity contribution is 0.199. The van der Waals surface area contributed by atoms with Gasteiger partial charge in [0.1, 0.15) is 5.82 Å². The Labute approximate surface area is 113 Å². The lowest BCUT2D eigenvalue weighted by atomic mass is 10.1. The number of hydrogen-bond donors (Lipinski definition) is 1. The SMILES string of the molecule is Cc1ccc(N(C)c2ccc(F)cc2[C@@H](C)O)cc1. The topological polar surface area (TPSA) is 23.5 Å². The molecule has 1 atom stereocenters. The Hall–Kier alpha value is -1.87. The fourth-order valence-corrected chi connectivity index (χ4v) is 2.07. The van der Waals surface area contributed by atoms with Gasteiger partial charge in [-0.3, -0.25) is 0 Å². The van der Waals surface area contributed by atoms with Crippen molar-refractivity contribution >= 4 is 11.4 Å². The summed E-state index contributed by atoms with van der Waals surface area (Å²) in [6, 6.07) is 12.5. The van der Waals surface area contributed by atoms with Crippen LogP contribution in [0.15, 0.2) is 42.5 Å². The van der Waals surface area contributed by atoms with Crippen molar-refractivity contribution < 1.29 is 9.50 Å². The summed E-state index contributed by atoms with van der Waals surface area (Å²) in [6.07, 6.45) is -0.710. The van der Waals surface area contributed by atoms with Gasteiger partial charge < -0.3 is 10.0 Å². The van der Waals surface area contributed by atoms with E-state index in [0.717, 1.165) is 11.4 Å². The maximum atomic E-state index is 13.3. The molecule has 2 rings (SSSR count). The van der Waals surface area contributed by atoms with Gasteiger partial charge in [-0.2, -0.15) is 0 Å². The molecule has 0 bridgehead atoms. The van der Waals surface area contributed by atoms with Gasteiger partial charge in [0.15, 0.2) is 0 Å². The summed E-state index contributed by atoms with van der Waals surface area (Å²) < 4.78 is 13.3.